The lowest BCUT2D eigenvalue weighted by Gasteiger charge is -2.01. The zero-order chi connectivity index (χ0) is 13.3. The molecule has 0 bridgehead atoms. The minimum absolute atomic E-state index is 0.157. The van der Waals surface area contributed by atoms with Crippen LogP contribution in [0.2, 0.25) is 0 Å². The highest BCUT2D eigenvalue weighted by Crippen LogP contribution is 2.15. The Balaban J connectivity index is 2.39. The number of carboxylic acids is 1. The number of carbonyl (C=O) groups is 1. The van der Waals surface area contributed by atoms with E-state index in [0.717, 1.165) is 12.1 Å². The van der Waals surface area contributed by atoms with Crippen molar-refractivity contribution in [3.05, 3.63) is 47.3 Å². The van der Waals surface area contributed by atoms with Gasteiger partial charge in [0.25, 0.3) is 0 Å². The SMILES string of the molecule is Cc1nn(-c2ccc(F)c(F)c2)cc1CC(=O)O. The van der Waals surface area contributed by atoms with E-state index < -0.39 is 17.6 Å². The Morgan fingerprint density at radius 3 is 2.72 bits per heavy atom. The second-order valence-electron chi connectivity index (χ2n) is 3.85. The number of hydrogen-bond donors (Lipinski definition) is 1. The molecule has 6 heteroatoms. The van der Waals surface area contributed by atoms with Crippen molar-refractivity contribution in [1.82, 2.24) is 9.78 Å². The summed E-state index contributed by atoms with van der Waals surface area (Å²) in [5.41, 5.74) is 1.42. The van der Waals surface area contributed by atoms with E-state index in [1.807, 2.05) is 0 Å². The third kappa shape index (κ3) is 2.37. The topological polar surface area (TPSA) is 55.1 Å². The van der Waals surface area contributed by atoms with Crippen molar-refractivity contribution in [2.75, 3.05) is 0 Å². The van der Waals surface area contributed by atoms with E-state index in [4.69, 9.17) is 5.11 Å². The Kier molecular flexibility index (Phi) is 3.10. The van der Waals surface area contributed by atoms with Crippen molar-refractivity contribution < 1.29 is 18.7 Å². The highest BCUT2D eigenvalue weighted by atomic mass is 19.2. The maximum Gasteiger partial charge on any atom is 0.307 e. The van der Waals surface area contributed by atoms with Crippen molar-refractivity contribution in [3.8, 4) is 5.69 Å². The van der Waals surface area contributed by atoms with Crippen molar-refractivity contribution in [2.45, 2.75) is 13.3 Å². The molecule has 0 saturated heterocycles. The van der Waals surface area contributed by atoms with Crippen LogP contribution in [0, 0.1) is 18.6 Å². The monoisotopic (exact) mass is 252 g/mol. The second-order valence-corrected chi connectivity index (χ2v) is 3.85. The standard InChI is InChI=1S/C12H10F2N2O2/c1-7-8(4-12(17)18)6-16(15-7)9-2-3-10(13)11(14)5-9/h2-3,5-6H,4H2,1H3,(H,17,18). The van der Waals surface area contributed by atoms with Gasteiger partial charge in [-0.2, -0.15) is 5.10 Å². The van der Waals surface area contributed by atoms with E-state index in [9.17, 15) is 13.6 Å². The Morgan fingerprint density at radius 2 is 2.11 bits per heavy atom. The van der Waals surface area contributed by atoms with Gasteiger partial charge >= 0.3 is 5.97 Å². The van der Waals surface area contributed by atoms with Crippen LogP contribution in [-0.4, -0.2) is 20.9 Å². The Bertz CT molecular complexity index is 608. The molecule has 0 fully saturated rings. The number of aliphatic carboxylic acids is 1. The molecule has 4 nitrogen and oxygen atoms in total. The molecule has 0 unspecified atom stereocenters. The normalized spacial score (nSPS) is 10.6. The highest BCUT2D eigenvalue weighted by Gasteiger charge is 2.11. The Hall–Kier alpha value is -2.24. The largest absolute Gasteiger partial charge is 0.481 e. The number of rotatable bonds is 3. The van der Waals surface area contributed by atoms with Gasteiger partial charge in [0.05, 0.1) is 17.8 Å². The Morgan fingerprint density at radius 1 is 1.39 bits per heavy atom. The first-order chi connectivity index (χ1) is 8.47. The number of hydrogen-bond acceptors (Lipinski definition) is 2. The van der Waals surface area contributed by atoms with E-state index >= 15 is 0 Å². The number of halogens is 2. The molecule has 1 aromatic heterocycles. The molecule has 0 amide bonds. The van der Waals surface area contributed by atoms with Gasteiger partial charge in [0, 0.05) is 17.8 Å². The molecule has 2 rings (SSSR count). The van der Waals surface area contributed by atoms with Crippen LogP contribution in [0.3, 0.4) is 0 Å². The van der Waals surface area contributed by atoms with Crippen LogP contribution in [-0.2, 0) is 11.2 Å². The maximum atomic E-state index is 13.1. The zero-order valence-electron chi connectivity index (χ0n) is 9.52. The van der Waals surface area contributed by atoms with E-state index in [2.05, 4.69) is 5.10 Å². The summed E-state index contributed by atoms with van der Waals surface area (Å²) in [4.78, 5) is 10.6. The van der Waals surface area contributed by atoms with Crippen LogP contribution in [0.5, 0.6) is 0 Å². The second kappa shape index (κ2) is 4.56. The molecule has 0 aliphatic rings. The molecule has 1 heterocycles. The average Bonchev–Trinajstić information content (AvgIpc) is 2.63. The van der Waals surface area contributed by atoms with E-state index in [-0.39, 0.29) is 6.42 Å². The van der Waals surface area contributed by atoms with E-state index in [0.29, 0.717) is 16.9 Å². The summed E-state index contributed by atoms with van der Waals surface area (Å²) in [7, 11) is 0. The zero-order valence-corrected chi connectivity index (χ0v) is 9.52. The number of nitrogens with zero attached hydrogens (tertiary/aromatic N) is 2. The summed E-state index contributed by atoms with van der Waals surface area (Å²) in [6.45, 7) is 1.66. The number of benzene rings is 1. The predicted molar refractivity (Wildman–Crippen MR) is 59.6 cm³/mol. The molecule has 94 valence electrons. The number of aromatic nitrogens is 2. The molecule has 1 N–H and O–H groups in total. The lowest BCUT2D eigenvalue weighted by atomic mass is 10.2. The number of carboxylic acid groups (broad SMARTS) is 1. The summed E-state index contributed by atoms with van der Waals surface area (Å²) in [5, 5.41) is 12.8. The first-order valence-corrected chi connectivity index (χ1v) is 5.19. The average molecular weight is 252 g/mol. The van der Waals surface area contributed by atoms with Gasteiger partial charge in [-0.1, -0.05) is 0 Å². The highest BCUT2D eigenvalue weighted by molar-refractivity contribution is 5.70. The number of aryl methyl sites for hydroxylation is 1. The first kappa shape index (κ1) is 12.2. The van der Waals surface area contributed by atoms with E-state index in [1.54, 1.807) is 6.92 Å². The third-order valence-corrected chi connectivity index (χ3v) is 2.51. The quantitative estimate of drug-likeness (QED) is 0.909. The lowest BCUT2D eigenvalue weighted by molar-refractivity contribution is -0.136. The fourth-order valence-electron chi connectivity index (χ4n) is 1.59. The molecule has 0 spiro atoms. The summed E-state index contributed by atoms with van der Waals surface area (Å²) in [6.07, 6.45) is 1.34. The van der Waals surface area contributed by atoms with Gasteiger partial charge in [-0.15, -0.1) is 0 Å². The minimum atomic E-state index is -0.972. The van der Waals surface area contributed by atoms with Gasteiger partial charge in [0.2, 0.25) is 0 Å². The van der Waals surface area contributed by atoms with Crippen molar-refractivity contribution in [2.24, 2.45) is 0 Å². The van der Waals surface area contributed by atoms with Crippen LogP contribution >= 0.6 is 0 Å². The van der Waals surface area contributed by atoms with Gasteiger partial charge in [-0.3, -0.25) is 4.79 Å². The van der Waals surface area contributed by atoms with Crippen molar-refractivity contribution in [1.29, 1.82) is 0 Å². The molecule has 2 aromatic rings. The molecule has 0 saturated carbocycles. The van der Waals surface area contributed by atoms with Crippen molar-refractivity contribution in [3.63, 3.8) is 0 Å². The van der Waals surface area contributed by atoms with Gasteiger partial charge < -0.3 is 5.11 Å². The molecule has 0 aliphatic heterocycles. The van der Waals surface area contributed by atoms with Crippen LogP contribution in [0.25, 0.3) is 5.69 Å². The maximum absolute atomic E-state index is 13.1. The molecular formula is C12H10F2N2O2. The predicted octanol–water partition coefficient (Wildman–Crippen LogP) is 2.09. The summed E-state index contributed by atoms with van der Waals surface area (Å²) < 4.78 is 27.2. The third-order valence-electron chi connectivity index (χ3n) is 2.51. The lowest BCUT2D eigenvalue weighted by Crippen LogP contribution is -2.00. The fourth-order valence-corrected chi connectivity index (χ4v) is 1.59. The Labute approximate surface area is 101 Å². The van der Waals surface area contributed by atoms with Gasteiger partial charge in [0.15, 0.2) is 11.6 Å². The van der Waals surface area contributed by atoms with Gasteiger partial charge in [-0.25, -0.2) is 13.5 Å². The summed E-state index contributed by atoms with van der Waals surface area (Å²) in [6, 6.07) is 3.38. The van der Waals surface area contributed by atoms with Crippen LogP contribution < -0.4 is 0 Å². The van der Waals surface area contributed by atoms with Crippen LogP contribution in [0.1, 0.15) is 11.3 Å². The summed E-state index contributed by atoms with van der Waals surface area (Å²) >= 11 is 0. The fraction of sp³-hybridized carbons (Fsp3) is 0.167. The molecule has 0 atom stereocenters. The van der Waals surface area contributed by atoms with E-state index in [1.165, 1.54) is 16.9 Å². The van der Waals surface area contributed by atoms with Crippen LogP contribution in [0.15, 0.2) is 24.4 Å². The minimum Gasteiger partial charge on any atom is -0.481 e. The van der Waals surface area contributed by atoms with Crippen molar-refractivity contribution >= 4 is 5.97 Å². The molecule has 0 aliphatic carbocycles. The molecular weight excluding hydrogens is 242 g/mol. The molecule has 1 aromatic carbocycles. The van der Waals surface area contributed by atoms with Crippen LogP contribution in [0.4, 0.5) is 8.78 Å². The van der Waals surface area contributed by atoms with Gasteiger partial charge in [0.1, 0.15) is 0 Å². The van der Waals surface area contributed by atoms with Gasteiger partial charge in [-0.05, 0) is 19.1 Å². The smallest absolute Gasteiger partial charge is 0.307 e. The summed E-state index contributed by atoms with van der Waals surface area (Å²) in [5.74, 6) is -2.88. The first-order valence-electron chi connectivity index (χ1n) is 5.19. The molecule has 18 heavy (non-hydrogen) atoms. The molecule has 0 radical (unpaired) electrons.